The van der Waals surface area contributed by atoms with Gasteiger partial charge in [-0.05, 0) is 55.0 Å². The minimum Gasteiger partial charge on any atom is -0.486 e. The van der Waals surface area contributed by atoms with Crippen molar-refractivity contribution in [3.8, 4) is 17.2 Å². The van der Waals surface area contributed by atoms with Gasteiger partial charge in [-0.3, -0.25) is 4.72 Å². The highest BCUT2D eigenvalue weighted by atomic mass is 32.2. The molecule has 0 unspecified atom stereocenters. The molecule has 2 heterocycles. The predicted molar refractivity (Wildman–Crippen MR) is 106 cm³/mol. The standard InChI is InChI=1S/C20H18N2O6S/c1-13-11-14(4-6-16(13)22-8-2-3-17(22)20(23)24)21-29(25,26)15-5-7-18-19(12-15)28-10-9-27-18/h2-8,11-12,21H,9-10H2,1H3,(H,23,24). The Labute approximate surface area is 167 Å². The minimum atomic E-state index is -3.84. The number of nitrogens with zero attached hydrogens (tertiary/aromatic N) is 1. The largest absolute Gasteiger partial charge is 0.486 e. The van der Waals surface area contributed by atoms with Crippen molar-refractivity contribution in [2.75, 3.05) is 17.9 Å². The summed E-state index contributed by atoms with van der Waals surface area (Å²) < 4.78 is 40.5. The third-order valence-corrected chi connectivity index (χ3v) is 5.88. The van der Waals surface area contributed by atoms with Crippen LogP contribution >= 0.6 is 0 Å². The molecule has 8 nitrogen and oxygen atoms in total. The number of hydrogen-bond donors (Lipinski definition) is 2. The molecule has 0 aliphatic carbocycles. The van der Waals surface area contributed by atoms with Crippen molar-refractivity contribution in [3.63, 3.8) is 0 Å². The average Bonchev–Trinajstić information content (AvgIpc) is 3.17. The van der Waals surface area contributed by atoms with Crippen LogP contribution < -0.4 is 14.2 Å². The second-order valence-corrected chi connectivity index (χ2v) is 8.16. The molecule has 1 aromatic heterocycles. The zero-order chi connectivity index (χ0) is 20.6. The summed E-state index contributed by atoms with van der Waals surface area (Å²) in [7, 11) is -3.84. The lowest BCUT2D eigenvalue weighted by Gasteiger charge is -2.19. The molecule has 0 spiro atoms. The molecule has 3 aromatic rings. The van der Waals surface area contributed by atoms with Crippen LogP contribution in [0.4, 0.5) is 5.69 Å². The SMILES string of the molecule is Cc1cc(NS(=O)(=O)c2ccc3c(c2)OCCO3)ccc1-n1cccc1C(=O)O. The van der Waals surface area contributed by atoms with Crippen molar-refractivity contribution in [2.45, 2.75) is 11.8 Å². The summed E-state index contributed by atoms with van der Waals surface area (Å²) >= 11 is 0. The molecule has 1 aliphatic rings. The molecule has 9 heteroatoms. The summed E-state index contributed by atoms with van der Waals surface area (Å²) in [5.41, 5.74) is 1.85. The van der Waals surface area contributed by atoms with E-state index in [-0.39, 0.29) is 10.6 Å². The minimum absolute atomic E-state index is 0.0575. The number of ether oxygens (including phenoxy) is 2. The van der Waals surface area contributed by atoms with Gasteiger partial charge < -0.3 is 19.1 Å². The number of nitrogens with one attached hydrogen (secondary N) is 1. The van der Waals surface area contributed by atoms with Gasteiger partial charge in [-0.15, -0.1) is 0 Å². The highest BCUT2D eigenvalue weighted by Crippen LogP contribution is 2.33. The molecule has 0 saturated heterocycles. The smallest absolute Gasteiger partial charge is 0.352 e. The number of fused-ring (bicyclic) bond motifs is 1. The molecule has 150 valence electrons. The maximum atomic E-state index is 12.8. The van der Waals surface area contributed by atoms with Crippen LogP contribution in [0.25, 0.3) is 5.69 Å². The Bertz CT molecular complexity index is 1200. The number of benzene rings is 2. The lowest BCUT2D eigenvalue weighted by Crippen LogP contribution is -2.17. The maximum absolute atomic E-state index is 12.8. The second kappa shape index (κ2) is 7.17. The number of carboxylic acid groups (broad SMARTS) is 1. The van der Waals surface area contributed by atoms with Crippen molar-refractivity contribution < 1.29 is 27.8 Å². The molecule has 0 saturated carbocycles. The van der Waals surface area contributed by atoms with Crippen LogP contribution in [-0.4, -0.2) is 37.3 Å². The highest BCUT2D eigenvalue weighted by Gasteiger charge is 2.20. The van der Waals surface area contributed by atoms with E-state index in [1.54, 1.807) is 43.5 Å². The molecular weight excluding hydrogens is 396 g/mol. The zero-order valence-electron chi connectivity index (χ0n) is 15.5. The summed E-state index contributed by atoms with van der Waals surface area (Å²) in [5, 5.41) is 9.29. The number of carbonyl (C=O) groups is 1. The number of carboxylic acids is 1. The van der Waals surface area contributed by atoms with Crippen LogP contribution in [0.1, 0.15) is 16.1 Å². The van der Waals surface area contributed by atoms with Gasteiger partial charge in [-0.2, -0.15) is 0 Å². The Balaban J connectivity index is 1.62. The molecule has 2 aromatic carbocycles. The molecule has 0 atom stereocenters. The van der Waals surface area contributed by atoms with E-state index in [0.717, 1.165) is 0 Å². The first-order valence-corrected chi connectivity index (χ1v) is 10.3. The number of rotatable bonds is 5. The molecule has 2 N–H and O–H groups in total. The van der Waals surface area contributed by atoms with Crippen molar-refractivity contribution in [2.24, 2.45) is 0 Å². The van der Waals surface area contributed by atoms with Crippen LogP contribution in [-0.2, 0) is 10.0 Å². The monoisotopic (exact) mass is 414 g/mol. The first kappa shape index (κ1) is 18.9. The van der Waals surface area contributed by atoms with E-state index in [0.29, 0.717) is 41.7 Å². The molecule has 29 heavy (non-hydrogen) atoms. The van der Waals surface area contributed by atoms with Crippen LogP contribution in [0.5, 0.6) is 11.5 Å². The Morgan fingerprint density at radius 1 is 1.07 bits per heavy atom. The Morgan fingerprint density at radius 2 is 1.83 bits per heavy atom. The van der Waals surface area contributed by atoms with Crippen molar-refractivity contribution >= 4 is 21.7 Å². The predicted octanol–water partition coefficient (Wildman–Crippen LogP) is 3.06. The van der Waals surface area contributed by atoms with Gasteiger partial charge in [-0.1, -0.05) is 0 Å². The van der Waals surface area contributed by atoms with E-state index < -0.39 is 16.0 Å². The normalized spacial score (nSPS) is 13.1. The van der Waals surface area contributed by atoms with Gasteiger partial charge >= 0.3 is 5.97 Å². The van der Waals surface area contributed by atoms with Gasteiger partial charge in [0, 0.05) is 23.6 Å². The lowest BCUT2D eigenvalue weighted by atomic mass is 10.1. The van der Waals surface area contributed by atoms with Crippen LogP contribution in [0.15, 0.2) is 59.6 Å². The number of aromatic nitrogens is 1. The molecule has 4 rings (SSSR count). The molecule has 0 radical (unpaired) electrons. The molecule has 0 amide bonds. The molecular formula is C20H18N2O6S. The fourth-order valence-electron chi connectivity index (χ4n) is 3.16. The molecule has 0 fully saturated rings. The third kappa shape index (κ3) is 3.64. The molecule has 1 aliphatic heterocycles. The van der Waals surface area contributed by atoms with E-state index in [2.05, 4.69) is 4.72 Å². The van der Waals surface area contributed by atoms with E-state index in [4.69, 9.17) is 9.47 Å². The third-order valence-electron chi connectivity index (χ3n) is 4.50. The number of anilines is 1. The van der Waals surface area contributed by atoms with Gasteiger partial charge in [-0.25, -0.2) is 13.2 Å². The summed E-state index contributed by atoms with van der Waals surface area (Å²) in [6.07, 6.45) is 1.64. The van der Waals surface area contributed by atoms with Gasteiger partial charge in [0.15, 0.2) is 11.5 Å². The summed E-state index contributed by atoms with van der Waals surface area (Å²) in [6, 6.07) is 12.5. The Morgan fingerprint density at radius 3 is 2.55 bits per heavy atom. The summed E-state index contributed by atoms with van der Waals surface area (Å²) in [6.45, 7) is 2.57. The summed E-state index contributed by atoms with van der Waals surface area (Å²) in [5.74, 6) is -0.145. The van der Waals surface area contributed by atoms with Crippen LogP contribution in [0.3, 0.4) is 0 Å². The maximum Gasteiger partial charge on any atom is 0.352 e. The number of aromatic carboxylic acids is 1. The van der Waals surface area contributed by atoms with E-state index >= 15 is 0 Å². The Kier molecular flexibility index (Phi) is 4.67. The number of hydrogen-bond acceptors (Lipinski definition) is 5. The van der Waals surface area contributed by atoms with Crippen molar-refractivity contribution in [1.29, 1.82) is 0 Å². The average molecular weight is 414 g/mol. The van der Waals surface area contributed by atoms with Gasteiger partial charge in [0.05, 0.1) is 4.90 Å². The first-order valence-electron chi connectivity index (χ1n) is 8.79. The zero-order valence-corrected chi connectivity index (χ0v) is 16.3. The first-order chi connectivity index (χ1) is 13.8. The number of aryl methyl sites for hydroxylation is 1. The van der Waals surface area contributed by atoms with E-state index in [1.165, 1.54) is 22.8 Å². The lowest BCUT2D eigenvalue weighted by molar-refractivity contribution is 0.0688. The second-order valence-electron chi connectivity index (χ2n) is 6.48. The van der Waals surface area contributed by atoms with Gasteiger partial charge in [0.25, 0.3) is 10.0 Å². The van der Waals surface area contributed by atoms with Crippen molar-refractivity contribution in [1.82, 2.24) is 4.57 Å². The Hall–Kier alpha value is -3.46. The van der Waals surface area contributed by atoms with E-state index in [1.807, 2.05) is 0 Å². The number of sulfonamides is 1. The fourth-order valence-corrected chi connectivity index (χ4v) is 4.22. The summed E-state index contributed by atoms with van der Waals surface area (Å²) in [4.78, 5) is 11.4. The molecule has 0 bridgehead atoms. The van der Waals surface area contributed by atoms with Crippen molar-refractivity contribution in [3.05, 3.63) is 66.0 Å². The van der Waals surface area contributed by atoms with Crippen LogP contribution in [0, 0.1) is 6.92 Å². The van der Waals surface area contributed by atoms with Crippen LogP contribution in [0.2, 0.25) is 0 Å². The quantitative estimate of drug-likeness (QED) is 0.665. The van der Waals surface area contributed by atoms with Gasteiger partial charge in [0.2, 0.25) is 0 Å². The fraction of sp³-hybridized carbons (Fsp3) is 0.150. The highest BCUT2D eigenvalue weighted by molar-refractivity contribution is 7.92. The topological polar surface area (TPSA) is 107 Å². The van der Waals surface area contributed by atoms with E-state index in [9.17, 15) is 18.3 Å². The van der Waals surface area contributed by atoms with Gasteiger partial charge in [0.1, 0.15) is 18.9 Å².